The van der Waals surface area contributed by atoms with Crippen LogP contribution in [-0.2, 0) is 16.1 Å². The molecular formula is C19H18N4O3. The van der Waals surface area contributed by atoms with Gasteiger partial charge in [-0.25, -0.2) is 0 Å². The van der Waals surface area contributed by atoms with Crippen molar-refractivity contribution in [1.82, 2.24) is 15.1 Å². The lowest BCUT2D eigenvalue weighted by atomic mass is 10.2. The Hall–Kier alpha value is -3.48. The molecule has 0 aliphatic heterocycles. The fraction of sp³-hybridized carbons (Fsp3) is 0.158. The van der Waals surface area contributed by atoms with Crippen LogP contribution in [0.5, 0.6) is 0 Å². The summed E-state index contributed by atoms with van der Waals surface area (Å²) in [5.41, 5.74) is 1.20. The lowest BCUT2D eigenvalue weighted by Gasteiger charge is -2.10. The van der Waals surface area contributed by atoms with E-state index in [0.29, 0.717) is 23.1 Å². The maximum Gasteiger partial charge on any atom is 0.243 e. The van der Waals surface area contributed by atoms with E-state index in [1.54, 1.807) is 35.0 Å². The van der Waals surface area contributed by atoms with Crippen LogP contribution in [0, 0.1) is 0 Å². The van der Waals surface area contributed by atoms with Crippen LogP contribution in [0.4, 0.5) is 5.69 Å². The molecule has 0 saturated heterocycles. The number of fused-ring (bicyclic) bond motifs is 1. The van der Waals surface area contributed by atoms with Gasteiger partial charge in [0, 0.05) is 17.5 Å². The minimum absolute atomic E-state index is 0.105. The Kier molecular flexibility index (Phi) is 5.38. The molecule has 0 unspecified atom stereocenters. The largest absolute Gasteiger partial charge is 0.347 e. The number of hydrogen-bond acceptors (Lipinski definition) is 4. The second kappa shape index (κ2) is 8.06. The molecule has 1 aromatic heterocycles. The molecule has 1 heterocycles. The van der Waals surface area contributed by atoms with Crippen LogP contribution in [0.2, 0.25) is 0 Å². The lowest BCUT2D eigenvalue weighted by molar-refractivity contribution is -0.124. The Morgan fingerprint density at radius 2 is 1.69 bits per heavy atom. The molecule has 0 saturated carbocycles. The number of aryl methyl sites for hydroxylation is 1. The van der Waals surface area contributed by atoms with Gasteiger partial charge in [0.05, 0.1) is 24.8 Å². The third-order valence-electron chi connectivity index (χ3n) is 3.82. The van der Waals surface area contributed by atoms with Crippen molar-refractivity contribution in [3.63, 3.8) is 0 Å². The molecule has 132 valence electrons. The van der Waals surface area contributed by atoms with Gasteiger partial charge in [-0.3, -0.25) is 19.1 Å². The monoisotopic (exact) mass is 350 g/mol. The van der Waals surface area contributed by atoms with Crippen LogP contribution in [0.15, 0.2) is 65.6 Å². The Balaban J connectivity index is 1.52. The summed E-state index contributed by atoms with van der Waals surface area (Å²) in [5, 5.41) is 9.91. The predicted octanol–water partition coefficient (Wildman–Crippen LogP) is 1.54. The Labute approximate surface area is 149 Å². The first kappa shape index (κ1) is 17.3. The quantitative estimate of drug-likeness (QED) is 0.705. The fourth-order valence-electron chi connectivity index (χ4n) is 2.54. The van der Waals surface area contributed by atoms with E-state index in [0.717, 1.165) is 0 Å². The van der Waals surface area contributed by atoms with Crippen molar-refractivity contribution >= 4 is 28.4 Å². The molecule has 0 atom stereocenters. The summed E-state index contributed by atoms with van der Waals surface area (Å²) in [7, 11) is 0. The molecule has 0 spiro atoms. The molecule has 0 fully saturated rings. The number of nitrogens with one attached hydrogen (secondary N) is 2. The smallest absolute Gasteiger partial charge is 0.243 e. The van der Waals surface area contributed by atoms with Gasteiger partial charge < -0.3 is 10.6 Å². The molecule has 7 heteroatoms. The van der Waals surface area contributed by atoms with Gasteiger partial charge in [-0.2, -0.15) is 5.10 Å². The summed E-state index contributed by atoms with van der Waals surface area (Å²) in [6.07, 6.45) is 1.39. The van der Waals surface area contributed by atoms with E-state index in [4.69, 9.17) is 0 Å². The fourth-order valence-corrected chi connectivity index (χ4v) is 2.54. The van der Waals surface area contributed by atoms with Crippen LogP contribution < -0.4 is 16.1 Å². The number of aromatic nitrogens is 2. The first-order chi connectivity index (χ1) is 12.6. The summed E-state index contributed by atoms with van der Waals surface area (Å²) in [4.78, 5) is 35.6. The molecule has 2 amide bonds. The number of rotatable bonds is 6. The van der Waals surface area contributed by atoms with Crippen molar-refractivity contribution in [1.29, 1.82) is 0 Å². The van der Waals surface area contributed by atoms with Crippen LogP contribution in [-0.4, -0.2) is 28.1 Å². The number of carbonyl (C=O) groups excluding carboxylic acids is 2. The molecule has 0 aliphatic carbocycles. The van der Waals surface area contributed by atoms with Crippen molar-refractivity contribution < 1.29 is 9.59 Å². The van der Waals surface area contributed by atoms with Crippen molar-refractivity contribution in [2.75, 3.05) is 11.9 Å². The summed E-state index contributed by atoms with van der Waals surface area (Å²) in [6, 6.07) is 16.1. The SMILES string of the molecule is O=C(CCn1ncc(=O)c2ccccc21)NCC(=O)Nc1ccccc1. The van der Waals surface area contributed by atoms with Gasteiger partial charge >= 0.3 is 0 Å². The van der Waals surface area contributed by atoms with Crippen molar-refractivity contribution in [2.24, 2.45) is 0 Å². The van der Waals surface area contributed by atoms with Gasteiger partial charge in [0.1, 0.15) is 0 Å². The van der Waals surface area contributed by atoms with Gasteiger partial charge in [0.15, 0.2) is 0 Å². The number of hydrogen-bond donors (Lipinski definition) is 2. The van der Waals surface area contributed by atoms with Crippen molar-refractivity contribution in [3.8, 4) is 0 Å². The maximum atomic E-state index is 12.0. The van der Waals surface area contributed by atoms with E-state index < -0.39 is 0 Å². The van der Waals surface area contributed by atoms with Gasteiger partial charge in [-0.1, -0.05) is 30.3 Å². The number of carbonyl (C=O) groups is 2. The van der Waals surface area contributed by atoms with Crippen LogP contribution in [0.1, 0.15) is 6.42 Å². The van der Waals surface area contributed by atoms with E-state index in [2.05, 4.69) is 15.7 Å². The summed E-state index contributed by atoms with van der Waals surface area (Å²) >= 11 is 0. The zero-order valence-electron chi connectivity index (χ0n) is 14.0. The molecule has 26 heavy (non-hydrogen) atoms. The van der Waals surface area contributed by atoms with E-state index in [1.807, 2.05) is 24.3 Å². The third-order valence-corrected chi connectivity index (χ3v) is 3.82. The minimum atomic E-state index is -0.295. The lowest BCUT2D eigenvalue weighted by Crippen LogP contribution is -2.33. The molecule has 2 N–H and O–H groups in total. The summed E-state index contributed by atoms with van der Waals surface area (Å²) in [6.45, 7) is 0.207. The van der Waals surface area contributed by atoms with Crippen molar-refractivity contribution in [3.05, 3.63) is 71.0 Å². The van der Waals surface area contributed by atoms with E-state index >= 15 is 0 Å². The molecule has 0 bridgehead atoms. The highest BCUT2D eigenvalue weighted by Crippen LogP contribution is 2.08. The topological polar surface area (TPSA) is 93.1 Å². The third kappa shape index (κ3) is 4.32. The zero-order valence-corrected chi connectivity index (χ0v) is 14.0. The number of benzene rings is 2. The number of nitrogens with zero attached hydrogens (tertiary/aromatic N) is 2. The van der Waals surface area contributed by atoms with Crippen molar-refractivity contribution in [2.45, 2.75) is 13.0 Å². The minimum Gasteiger partial charge on any atom is -0.347 e. The molecule has 0 radical (unpaired) electrons. The second-order valence-corrected chi connectivity index (χ2v) is 5.69. The molecular weight excluding hydrogens is 332 g/mol. The van der Waals surface area contributed by atoms with E-state index in [-0.39, 0.29) is 30.2 Å². The highest BCUT2D eigenvalue weighted by molar-refractivity contribution is 5.94. The molecule has 3 rings (SSSR count). The van der Waals surface area contributed by atoms with Gasteiger partial charge in [-0.15, -0.1) is 0 Å². The average Bonchev–Trinajstić information content (AvgIpc) is 2.67. The van der Waals surface area contributed by atoms with Gasteiger partial charge in [-0.05, 0) is 24.3 Å². The van der Waals surface area contributed by atoms with Gasteiger partial charge in [0.25, 0.3) is 0 Å². The van der Waals surface area contributed by atoms with Crippen LogP contribution >= 0.6 is 0 Å². The number of anilines is 1. The number of amides is 2. The maximum absolute atomic E-state index is 12.0. The molecule has 7 nitrogen and oxygen atoms in total. The van der Waals surface area contributed by atoms with Crippen LogP contribution in [0.25, 0.3) is 10.9 Å². The summed E-state index contributed by atoms with van der Waals surface area (Å²) in [5.74, 6) is -0.561. The standard InChI is InChI=1S/C19H18N4O3/c24-17-12-21-23(16-9-5-4-8-15(16)17)11-10-18(25)20-13-19(26)22-14-6-2-1-3-7-14/h1-9,12H,10-11,13H2,(H,20,25)(H,22,26). The van der Waals surface area contributed by atoms with E-state index in [1.165, 1.54) is 6.20 Å². The van der Waals surface area contributed by atoms with Gasteiger partial charge in [0.2, 0.25) is 17.2 Å². The highest BCUT2D eigenvalue weighted by Gasteiger charge is 2.08. The molecule has 2 aromatic carbocycles. The molecule has 0 aliphatic rings. The highest BCUT2D eigenvalue weighted by atomic mass is 16.2. The Bertz CT molecular complexity index is 983. The Morgan fingerprint density at radius 1 is 0.962 bits per heavy atom. The van der Waals surface area contributed by atoms with E-state index in [9.17, 15) is 14.4 Å². The summed E-state index contributed by atoms with van der Waals surface area (Å²) < 4.78 is 1.61. The number of para-hydroxylation sites is 2. The first-order valence-corrected chi connectivity index (χ1v) is 8.20. The Morgan fingerprint density at radius 3 is 2.50 bits per heavy atom. The predicted molar refractivity (Wildman–Crippen MR) is 98.7 cm³/mol. The second-order valence-electron chi connectivity index (χ2n) is 5.69. The van der Waals surface area contributed by atoms with Crippen LogP contribution in [0.3, 0.4) is 0 Å². The first-order valence-electron chi connectivity index (χ1n) is 8.20. The average molecular weight is 350 g/mol. The molecule has 3 aromatic rings. The zero-order chi connectivity index (χ0) is 18.4. The normalized spacial score (nSPS) is 10.5.